The summed E-state index contributed by atoms with van der Waals surface area (Å²) in [6, 6.07) is 6.07. The maximum absolute atomic E-state index is 13.8. The molecule has 2 heterocycles. The standard InChI is InChI=1S/C24H13F9N4O/c25-22(26,27)14-5-13(6-15(7-14)23(28,29)30)21-35-19(36-38-21)10-37-17-4-3-12(9-34)20(24(31,32)33)16(17)8-18(37)11-1-2-11/h3-8,11H,1-2,10H2. The molecule has 4 aromatic rings. The molecule has 0 aliphatic heterocycles. The third-order valence-electron chi connectivity index (χ3n) is 6.12. The van der Waals surface area contributed by atoms with Gasteiger partial charge in [0.15, 0.2) is 5.82 Å². The van der Waals surface area contributed by atoms with Crippen LogP contribution in [0.3, 0.4) is 0 Å². The van der Waals surface area contributed by atoms with Crippen LogP contribution in [-0.4, -0.2) is 14.7 Å². The number of nitriles is 1. The van der Waals surface area contributed by atoms with Crippen LogP contribution in [0.25, 0.3) is 22.4 Å². The van der Waals surface area contributed by atoms with Crippen molar-refractivity contribution in [1.82, 2.24) is 14.7 Å². The van der Waals surface area contributed by atoms with Crippen LogP contribution in [0.1, 0.15) is 52.5 Å². The summed E-state index contributed by atoms with van der Waals surface area (Å²) < 4.78 is 127. The lowest BCUT2D eigenvalue weighted by atomic mass is 10.0. The monoisotopic (exact) mass is 544 g/mol. The molecule has 2 aromatic heterocycles. The molecule has 1 saturated carbocycles. The summed E-state index contributed by atoms with van der Waals surface area (Å²) in [7, 11) is 0. The number of aromatic nitrogens is 3. The highest BCUT2D eigenvalue weighted by atomic mass is 19.4. The second-order valence-electron chi connectivity index (χ2n) is 8.77. The summed E-state index contributed by atoms with van der Waals surface area (Å²) in [5, 5.41) is 12.6. The molecule has 0 unspecified atom stereocenters. The molecule has 0 amide bonds. The van der Waals surface area contributed by atoms with E-state index in [0.717, 1.165) is 6.07 Å². The summed E-state index contributed by atoms with van der Waals surface area (Å²) in [6.45, 7) is -0.271. The lowest BCUT2D eigenvalue weighted by Gasteiger charge is -2.12. The smallest absolute Gasteiger partial charge is 0.337 e. The number of hydrogen-bond donors (Lipinski definition) is 0. The van der Waals surface area contributed by atoms with E-state index in [4.69, 9.17) is 4.52 Å². The zero-order valence-electron chi connectivity index (χ0n) is 18.8. The highest BCUT2D eigenvalue weighted by Gasteiger charge is 2.39. The van der Waals surface area contributed by atoms with Crippen LogP contribution in [-0.2, 0) is 25.1 Å². The van der Waals surface area contributed by atoms with Gasteiger partial charge in [0, 0.05) is 22.2 Å². The largest absolute Gasteiger partial charge is 0.418 e. The molecule has 2 aromatic carbocycles. The Balaban J connectivity index is 1.58. The highest BCUT2D eigenvalue weighted by molar-refractivity contribution is 5.88. The topological polar surface area (TPSA) is 67.6 Å². The summed E-state index contributed by atoms with van der Waals surface area (Å²) in [5.41, 5.74) is -4.80. The Bertz CT molecular complexity index is 1550. The van der Waals surface area contributed by atoms with Crippen molar-refractivity contribution in [3.05, 3.63) is 70.2 Å². The average Bonchev–Trinajstić information content (AvgIpc) is 3.45. The highest BCUT2D eigenvalue weighted by Crippen LogP contribution is 2.46. The number of hydrogen-bond acceptors (Lipinski definition) is 4. The first kappa shape index (κ1) is 25.6. The van der Waals surface area contributed by atoms with Gasteiger partial charge in [-0.1, -0.05) is 5.16 Å². The Hall–Kier alpha value is -4.02. The van der Waals surface area contributed by atoms with Crippen LogP contribution in [0.2, 0.25) is 0 Å². The molecule has 5 nitrogen and oxygen atoms in total. The molecule has 1 aliphatic rings. The minimum absolute atomic E-state index is 0.0393. The molecule has 0 saturated heterocycles. The van der Waals surface area contributed by atoms with Gasteiger partial charge in [0.25, 0.3) is 5.89 Å². The summed E-state index contributed by atoms with van der Waals surface area (Å²) >= 11 is 0. The van der Waals surface area contributed by atoms with Crippen molar-refractivity contribution in [3.8, 4) is 17.5 Å². The zero-order chi connectivity index (χ0) is 27.6. The van der Waals surface area contributed by atoms with Crippen LogP contribution in [0.5, 0.6) is 0 Å². The average molecular weight is 544 g/mol. The van der Waals surface area contributed by atoms with Crippen molar-refractivity contribution in [2.24, 2.45) is 0 Å². The SMILES string of the molecule is N#Cc1ccc2c(cc(C3CC3)n2Cc2noc(-c3cc(C(F)(F)F)cc(C(F)(F)F)c3)n2)c1C(F)(F)F. The molecule has 5 rings (SSSR count). The molecule has 0 radical (unpaired) electrons. The predicted molar refractivity (Wildman–Crippen MR) is 112 cm³/mol. The van der Waals surface area contributed by atoms with Gasteiger partial charge in [-0.25, -0.2) is 0 Å². The van der Waals surface area contributed by atoms with E-state index in [9.17, 15) is 44.8 Å². The van der Waals surface area contributed by atoms with E-state index in [1.165, 1.54) is 16.7 Å². The summed E-state index contributed by atoms with van der Waals surface area (Å²) in [4.78, 5) is 3.93. The molecule has 0 bridgehead atoms. The molecule has 0 spiro atoms. The second kappa shape index (κ2) is 8.50. The van der Waals surface area contributed by atoms with Gasteiger partial charge in [-0.05, 0) is 55.2 Å². The Labute approximate surface area is 207 Å². The molecular formula is C24H13F9N4O. The van der Waals surface area contributed by atoms with Crippen LogP contribution in [0.4, 0.5) is 39.5 Å². The van der Waals surface area contributed by atoms with E-state index in [1.807, 2.05) is 0 Å². The number of nitrogens with zero attached hydrogens (tertiary/aromatic N) is 4. The van der Waals surface area contributed by atoms with Crippen LogP contribution >= 0.6 is 0 Å². The van der Waals surface area contributed by atoms with Crippen molar-refractivity contribution in [1.29, 1.82) is 5.26 Å². The van der Waals surface area contributed by atoms with Gasteiger partial charge >= 0.3 is 18.5 Å². The van der Waals surface area contributed by atoms with Crippen molar-refractivity contribution < 1.29 is 44.0 Å². The number of fused-ring (bicyclic) bond motifs is 1. The fourth-order valence-corrected chi connectivity index (χ4v) is 4.30. The molecule has 14 heteroatoms. The number of benzene rings is 2. The maximum atomic E-state index is 13.8. The van der Waals surface area contributed by atoms with Crippen molar-refractivity contribution in [2.45, 2.75) is 43.8 Å². The van der Waals surface area contributed by atoms with E-state index in [1.54, 1.807) is 6.07 Å². The first-order valence-electron chi connectivity index (χ1n) is 10.9. The first-order valence-corrected chi connectivity index (χ1v) is 10.9. The molecular weight excluding hydrogens is 531 g/mol. The van der Waals surface area contributed by atoms with E-state index in [0.29, 0.717) is 30.7 Å². The Morgan fingerprint density at radius 1 is 0.895 bits per heavy atom. The van der Waals surface area contributed by atoms with E-state index >= 15 is 0 Å². The van der Waals surface area contributed by atoms with Gasteiger partial charge in [-0.2, -0.15) is 49.8 Å². The molecule has 0 N–H and O–H groups in total. The van der Waals surface area contributed by atoms with E-state index < -0.39 is 52.2 Å². The molecule has 1 fully saturated rings. The van der Waals surface area contributed by atoms with Gasteiger partial charge in [0.1, 0.15) is 0 Å². The van der Waals surface area contributed by atoms with Gasteiger partial charge in [0.05, 0.1) is 34.9 Å². The number of alkyl halides is 9. The third-order valence-corrected chi connectivity index (χ3v) is 6.12. The summed E-state index contributed by atoms with van der Waals surface area (Å²) in [5.74, 6) is -0.870. The van der Waals surface area contributed by atoms with Gasteiger partial charge in [-0.3, -0.25) is 0 Å². The van der Waals surface area contributed by atoms with Crippen molar-refractivity contribution in [2.75, 3.05) is 0 Å². The Morgan fingerprint density at radius 2 is 1.53 bits per heavy atom. The fraction of sp³-hybridized carbons (Fsp3) is 0.292. The number of rotatable bonds is 4. The second-order valence-corrected chi connectivity index (χ2v) is 8.77. The Morgan fingerprint density at radius 3 is 2.05 bits per heavy atom. The zero-order valence-corrected chi connectivity index (χ0v) is 18.8. The van der Waals surface area contributed by atoms with Crippen LogP contribution < -0.4 is 0 Å². The molecule has 38 heavy (non-hydrogen) atoms. The van der Waals surface area contributed by atoms with Crippen LogP contribution in [0, 0.1) is 11.3 Å². The third kappa shape index (κ3) is 4.68. The van der Waals surface area contributed by atoms with Crippen molar-refractivity contribution >= 4 is 10.9 Å². The number of halogens is 9. The normalized spacial score (nSPS) is 14.7. The lowest BCUT2D eigenvalue weighted by molar-refractivity contribution is -0.143. The minimum atomic E-state index is -5.08. The molecule has 198 valence electrons. The summed E-state index contributed by atoms with van der Waals surface area (Å²) in [6.07, 6.45) is -13.6. The van der Waals surface area contributed by atoms with Gasteiger partial charge < -0.3 is 9.09 Å². The van der Waals surface area contributed by atoms with E-state index in [-0.39, 0.29) is 35.3 Å². The lowest BCUT2D eigenvalue weighted by Crippen LogP contribution is -2.11. The quantitative estimate of drug-likeness (QED) is 0.249. The van der Waals surface area contributed by atoms with Gasteiger partial charge in [-0.15, -0.1) is 0 Å². The van der Waals surface area contributed by atoms with E-state index in [2.05, 4.69) is 10.1 Å². The van der Waals surface area contributed by atoms with Gasteiger partial charge in [0.2, 0.25) is 0 Å². The molecule has 1 aliphatic carbocycles. The van der Waals surface area contributed by atoms with Crippen molar-refractivity contribution in [3.63, 3.8) is 0 Å². The fourth-order valence-electron chi connectivity index (χ4n) is 4.30. The van der Waals surface area contributed by atoms with Crippen LogP contribution in [0.15, 0.2) is 40.9 Å². The molecule has 0 atom stereocenters. The predicted octanol–water partition coefficient (Wildman–Crippen LogP) is 7.55. The first-order chi connectivity index (χ1) is 17.7. The Kier molecular flexibility index (Phi) is 5.73. The minimum Gasteiger partial charge on any atom is -0.337 e. The maximum Gasteiger partial charge on any atom is 0.418 e.